The van der Waals surface area contributed by atoms with Crippen molar-refractivity contribution in [2.24, 2.45) is 5.92 Å². The molecule has 1 heterocycles. The number of halogens is 2. The summed E-state index contributed by atoms with van der Waals surface area (Å²) in [4.78, 5) is 15.7. The highest BCUT2D eigenvalue weighted by Crippen LogP contribution is 2.24. The Hall–Kier alpha value is -0.800. The lowest BCUT2D eigenvalue weighted by molar-refractivity contribution is 0.0403. The van der Waals surface area contributed by atoms with Crippen LogP contribution in [-0.4, -0.2) is 17.6 Å². The average Bonchev–Trinajstić information content (AvgIpc) is 2.40. The first kappa shape index (κ1) is 13.6. The number of esters is 1. The van der Waals surface area contributed by atoms with Crippen LogP contribution < -0.4 is 0 Å². The van der Waals surface area contributed by atoms with E-state index in [-0.39, 0.29) is 15.9 Å². The van der Waals surface area contributed by atoms with Gasteiger partial charge in [-0.05, 0) is 30.9 Å². The summed E-state index contributed by atoms with van der Waals surface area (Å²) in [5, 5.41) is 0.511. The van der Waals surface area contributed by atoms with Crippen LogP contribution in [0.25, 0.3) is 0 Å². The summed E-state index contributed by atoms with van der Waals surface area (Å²) in [7, 11) is 0. The Bertz CT molecular complexity index is 431. The smallest absolute Gasteiger partial charge is 0.358 e. The molecule has 0 spiro atoms. The summed E-state index contributed by atoms with van der Waals surface area (Å²) < 4.78 is 5.26. The molecule has 2 rings (SSSR count). The van der Waals surface area contributed by atoms with Crippen molar-refractivity contribution in [1.29, 1.82) is 0 Å². The predicted octanol–water partition coefficient (Wildman–Crippen LogP) is 4.13. The third-order valence-corrected chi connectivity index (χ3v) is 3.70. The quantitative estimate of drug-likeness (QED) is 0.620. The van der Waals surface area contributed by atoms with E-state index in [1.54, 1.807) is 12.1 Å². The Morgan fingerprint density at radius 2 is 2.00 bits per heavy atom. The Balaban J connectivity index is 1.92. The van der Waals surface area contributed by atoms with Gasteiger partial charge in [-0.3, -0.25) is 0 Å². The molecule has 0 N–H and O–H groups in total. The second kappa shape index (κ2) is 6.39. The molecule has 1 aliphatic rings. The number of ether oxygens (including phenoxy) is 1. The number of aromatic nitrogens is 1. The monoisotopic (exact) mass is 287 g/mol. The van der Waals surface area contributed by atoms with E-state index in [4.69, 9.17) is 27.9 Å². The fraction of sp³-hybridized carbons (Fsp3) is 0.538. The standard InChI is InChI=1S/C13H15Cl2NO2/c14-10-6-7-11(15)16-12(10)13(17)18-8-9-4-2-1-3-5-9/h6-7,9H,1-5,8H2. The topological polar surface area (TPSA) is 39.2 Å². The van der Waals surface area contributed by atoms with Crippen molar-refractivity contribution in [1.82, 2.24) is 4.98 Å². The Kier molecular flexibility index (Phi) is 4.84. The first-order valence-corrected chi connectivity index (χ1v) is 6.91. The van der Waals surface area contributed by atoms with Crippen LogP contribution in [-0.2, 0) is 4.74 Å². The molecule has 1 fully saturated rings. The van der Waals surface area contributed by atoms with Crippen molar-refractivity contribution in [3.8, 4) is 0 Å². The van der Waals surface area contributed by atoms with Gasteiger partial charge in [0.25, 0.3) is 0 Å². The minimum absolute atomic E-state index is 0.0972. The van der Waals surface area contributed by atoms with Crippen LogP contribution in [0.5, 0.6) is 0 Å². The Morgan fingerprint density at radius 3 is 2.72 bits per heavy atom. The number of nitrogens with zero attached hydrogens (tertiary/aromatic N) is 1. The maximum absolute atomic E-state index is 11.8. The van der Waals surface area contributed by atoms with E-state index in [1.807, 2.05) is 0 Å². The van der Waals surface area contributed by atoms with E-state index in [0.29, 0.717) is 12.5 Å². The SMILES string of the molecule is O=C(OCC1CCCCC1)c1nc(Cl)ccc1Cl. The molecule has 0 unspecified atom stereocenters. The van der Waals surface area contributed by atoms with Gasteiger partial charge in [0.15, 0.2) is 5.69 Å². The first-order chi connectivity index (χ1) is 8.66. The third-order valence-electron chi connectivity index (χ3n) is 3.18. The van der Waals surface area contributed by atoms with Gasteiger partial charge in [-0.25, -0.2) is 9.78 Å². The molecule has 1 aromatic rings. The highest BCUT2D eigenvalue weighted by atomic mass is 35.5. The van der Waals surface area contributed by atoms with Gasteiger partial charge < -0.3 is 4.74 Å². The number of carbonyl (C=O) groups is 1. The minimum Gasteiger partial charge on any atom is -0.461 e. The van der Waals surface area contributed by atoms with E-state index in [2.05, 4.69) is 4.98 Å². The van der Waals surface area contributed by atoms with E-state index < -0.39 is 5.97 Å². The van der Waals surface area contributed by atoms with Gasteiger partial charge >= 0.3 is 5.97 Å². The molecule has 0 amide bonds. The molecule has 0 aromatic carbocycles. The lowest BCUT2D eigenvalue weighted by Crippen LogP contribution is -2.17. The van der Waals surface area contributed by atoms with Gasteiger partial charge in [0.1, 0.15) is 5.15 Å². The normalized spacial score (nSPS) is 16.6. The lowest BCUT2D eigenvalue weighted by Gasteiger charge is -2.20. The van der Waals surface area contributed by atoms with Crippen LogP contribution in [0.1, 0.15) is 42.6 Å². The van der Waals surface area contributed by atoms with Gasteiger partial charge in [0, 0.05) is 0 Å². The third kappa shape index (κ3) is 3.59. The number of carbonyl (C=O) groups excluding carboxylic acids is 1. The summed E-state index contributed by atoms with van der Waals surface area (Å²) in [6.45, 7) is 0.448. The molecule has 0 atom stereocenters. The van der Waals surface area contributed by atoms with Crippen molar-refractivity contribution >= 4 is 29.2 Å². The number of pyridine rings is 1. The zero-order valence-corrected chi connectivity index (χ0v) is 11.5. The highest BCUT2D eigenvalue weighted by molar-refractivity contribution is 6.34. The Labute approximate surface area is 116 Å². The molecular formula is C13H15Cl2NO2. The van der Waals surface area contributed by atoms with Gasteiger partial charge in [-0.1, -0.05) is 42.5 Å². The van der Waals surface area contributed by atoms with E-state index in [9.17, 15) is 4.79 Å². The van der Waals surface area contributed by atoms with Crippen molar-refractivity contribution in [2.75, 3.05) is 6.61 Å². The van der Waals surface area contributed by atoms with E-state index in [0.717, 1.165) is 12.8 Å². The first-order valence-electron chi connectivity index (χ1n) is 6.16. The molecule has 0 saturated heterocycles. The summed E-state index contributed by atoms with van der Waals surface area (Å²) in [5.41, 5.74) is 0.0972. The van der Waals surface area contributed by atoms with Crippen LogP contribution in [0, 0.1) is 5.92 Å². The zero-order chi connectivity index (χ0) is 13.0. The second-order valence-corrected chi connectivity index (χ2v) is 5.36. The molecule has 98 valence electrons. The van der Waals surface area contributed by atoms with E-state index >= 15 is 0 Å². The average molecular weight is 288 g/mol. The molecule has 1 aromatic heterocycles. The summed E-state index contributed by atoms with van der Waals surface area (Å²) >= 11 is 11.6. The largest absolute Gasteiger partial charge is 0.461 e. The van der Waals surface area contributed by atoms with Gasteiger partial charge in [0.2, 0.25) is 0 Å². The molecule has 18 heavy (non-hydrogen) atoms. The molecule has 5 heteroatoms. The summed E-state index contributed by atoms with van der Waals surface area (Å²) in [6, 6.07) is 3.09. The summed E-state index contributed by atoms with van der Waals surface area (Å²) in [6.07, 6.45) is 5.98. The number of hydrogen-bond acceptors (Lipinski definition) is 3. The maximum atomic E-state index is 11.8. The van der Waals surface area contributed by atoms with Gasteiger partial charge in [-0.2, -0.15) is 0 Å². The molecule has 3 nitrogen and oxygen atoms in total. The van der Waals surface area contributed by atoms with Gasteiger partial charge in [0.05, 0.1) is 11.6 Å². The van der Waals surface area contributed by atoms with E-state index in [1.165, 1.54) is 19.3 Å². The van der Waals surface area contributed by atoms with Crippen LogP contribution in [0.15, 0.2) is 12.1 Å². The molecule has 0 bridgehead atoms. The van der Waals surface area contributed by atoms with Crippen LogP contribution in [0.4, 0.5) is 0 Å². The fourth-order valence-corrected chi connectivity index (χ4v) is 2.51. The second-order valence-electron chi connectivity index (χ2n) is 4.57. The van der Waals surface area contributed by atoms with Crippen LogP contribution in [0.2, 0.25) is 10.2 Å². The Morgan fingerprint density at radius 1 is 1.28 bits per heavy atom. The van der Waals surface area contributed by atoms with Crippen molar-refractivity contribution in [2.45, 2.75) is 32.1 Å². The predicted molar refractivity (Wildman–Crippen MR) is 71.1 cm³/mol. The van der Waals surface area contributed by atoms with Crippen LogP contribution >= 0.6 is 23.2 Å². The maximum Gasteiger partial charge on any atom is 0.358 e. The molecule has 0 radical (unpaired) electrons. The minimum atomic E-state index is -0.493. The highest BCUT2D eigenvalue weighted by Gasteiger charge is 2.18. The van der Waals surface area contributed by atoms with Crippen molar-refractivity contribution < 1.29 is 9.53 Å². The fourth-order valence-electron chi connectivity index (χ4n) is 2.18. The lowest BCUT2D eigenvalue weighted by atomic mass is 9.90. The molecule has 1 saturated carbocycles. The number of rotatable bonds is 3. The molecular weight excluding hydrogens is 273 g/mol. The zero-order valence-electron chi connectivity index (χ0n) is 9.99. The summed E-state index contributed by atoms with van der Waals surface area (Å²) in [5.74, 6) is -0.0197. The van der Waals surface area contributed by atoms with Crippen molar-refractivity contribution in [3.05, 3.63) is 28.0 Å². The number of hydrogen-bond donors (Lipinski definition) is 0. The van der Waals surface area contributed by atoms with Gasteiger partial charge in [-0.15, -0.1) is 0 Å². The van der Waals surface area contributed by atoms with Crippen molar-refractivity contribution in [3.63, 3.8) is 0 Å². The van der Waals surface area contributed by atoms with Crippen LogP contribution in [0.3, 0.4) is 0 Å². The molecule has 1 aliphatic carbocycles. The molecule has 0 aliphatic heterocycles.